The third kappa shape index (κ3) is 3.06. The maximum Gasteiger partial charge on any atom is 0.273 e. The van der Waals surface area contributed by atoms with E-state index in [1.807, 2.05) is 17.0 Å². The highest BCUT2D eigenvalue weighted by Crippen LogP contribution is 2.46. The van der Waals surface area contributed by atoms with Crippen LogP contribution in [-0.2, 0) is 0 Å². The lowest BCUT2D eigenvalue weighted by Crippen LogP contribution is -2.37. The van der Waals surface area contributed by atoms with Gasteiger partial charge in [0, 0.05) is 17.2 Å². The average molecular weight is 426 g/mol. The van der Waals surface area contributed by atoms with Crippen molar-refractivity contribution in [3.63, 3.8) is 0 Å². The third-order valence-corrected chi connectivity index (χ3v) is 6.85. The monoisotopic (exact) mass is 425 g/mol. The maximum absolute atomic E-state index is 13.4. The zero-order chi connectivity index (χ0) is 20.1. The lowest BCUT2D eigenvalue weighted by molar-refractivity contribution is 0.0660. The third-order valence-electron chi connectivity index (χ3n) is 6.11. The van der Waals surface area contributed by atoms with E-state index in [1.165, 1.54) is 5.56 Å². The number of rotatable bonds is 3. The predicted molar refractivity (Wildman–Crippen MR) is 115 cm³/mol. The van der Waals surface area contributed by atoms with Crippen LogP contribution >= 0.6 is 23.2 Å². The van der Waals surface area contributed by atoms with Crippen LogP contribution in [0.15, 0.2) is 42.5 Å². The van der Waals surface area contributed by atoms with Crippen molar-refractivity contribution in [3.8, 4) is 11.3 Å². The van der Waals surface area contributed by atoms with E-state index in [4.69, 9.17) is 23.2 Å². The molecule has 1 saturated carbocycles. The molecule has 0 spiro atoms. The van der Waals surface area contributed by atoms with Gasteiger partial charge in [0.05, 0.1) is 21.8 Å². The van der Waals surface area contributed by atoms with Crippen LogP contribution in [0.25, 0.3) is 11.3 Å². The molecule has 1 aliphatic heterocycles. The molecule has 1 aliphatic carbocycles. The minimum Gasteiger partial charge on any atom is -0.323 e. The van der Waals surface area contributed by atoms with Crippen molar-refractivity contribution in [2.24, 2.45) is 0 Å². The highest BCUT2D eigenvalue weighted by Gasteiger charge is 2.45. The van der Waals surface area contributed by atoms with Crippen LogP contribution in [0, 0.1) is 6.92 Å². The quantitative estimate of drug-likeness (QED) is 0.544. The van der Waals surface area contributed by atoms with Gasteiger partial charge in [0.2, 0.25) is 0 Å². The van der Waals surface area contributed by atoms with Crippen LogP contribution in [0.5, 0.6) is 0 Å². The Labute approximate surface area is 179 Å². The first kappa shape index (κ1) is 18.7. The van der Waals surface area contributed by atoms with Crippen molar-refractivity contribution >= 4 is 29.1 Å². The Morgan fingerprint density at radius 2 is 1.76 bits per heavy atom. The number of carbonyl (C=O) groups is 1. The molecule has 1 amide bonds. The molecule has 29 heavy (non-hydrogen) atoms. The minimum absolute atomic E-state index is 0.0221. The molecule has 2 aromatic carbocycles. The van der Waals surface area contributed by atoms with Crippen LogP contribution in [0.3, 0.4) is 0 Å². The number of halogens is 2. The second-order valence-corrected chi connectivity index (χ2v) is 8.77. The lowest BCUT2D eigenvalue weighted by atomic mass is 9.95. The fourth-order valence-corrected chi connectivity index (χ4v) is 4.97. The summed E-state index contributed by atoms with van der Waals surface area (Å²) in [6.45, 7) is 2.06. The summed E-state index contributed by atoms with van der Waals surface area (Å²) >= 11 is 12.5. The highest BCUT2D eigenvalue weighted by molar-refractivity contribution is 6.42. The smallest absolute Gasteiger partial charge is 0.273 e. The molecule has 3 aromatic rings. The normalized spacial score (nSPS) is 19.2. The summed E-state index contributed by atoms with van der Waals surface area (Å²) in [7, 11) is 0. The number of fused-ring (bicyclic) bond motifs is 1. The van der Waals surface area contributed by atoms with Gasteiger partial charge < -0.3 is 4.90 Å². The van der Waals surface area contributed by atoms with Gasteiger partial charge in [-0.25, -0.2) is 0 Å². The Morgan fingerprint density at radius 3 is 2.45 bits per heavy atom. The number of aromatic amines is 1. The summed E-state index contributed by atoms with van der Waals surface area (Å²) in [6.07, 6.45) is 4.36. The number of aromatic nitrogens is 2. The molecule has 1 N–H and O–H groups in total. The standard InChI is InChI=1S/C23H21Cl2N3O/c1-13-6-8-14(9-7-13)20-19-21(27-26-20)23(29)28(16-4-2-3-5-16)22(19)15-10-11-17(24)18(25)12-15/h6-12,16,22H,2-5H2,1H3,(H,26,27). The van der Waals surface area contributed by atoms with E-state index < -0.39 is 0 Å². The van der Waals surface area contributed by atoms with Gasteiger partial charge in [-0.1, -0.05) is 71.9 Å². The van der Waals surface area contributed by atoms with Gasteiger partial charge >= 0.3 is 0 Å². The topological polar surface area (TPSA) is 49.0 Å². The molecule has 4 nitrogen and oxygen atoms in total. The average Bonchev–Trinajstić information content (AvgIpc) is 3.43. The van der Waals surface area contributed by atoms with Gasteiger partial charge in [0.1, 0.15) is 5.69 Å². The summed E-state index contributed by atoms with van der Waals surface area (Å²) in [5.41, 5.74) is 5.50. The number of amides is 1. The molecule has 2 aliphatic rings. The summed E-state index contributed by atoms with van der Waals surface area (Å²) in [5.74, 6) is 0.0221. The predicted octanol–water partition coefficient (Wildman–Crippen LogP) is 6.18. The van der Waals surface area contributed by atoms with E-state index in [0.29, 0.717) is 15.7 Å². The Balaban J connectivity index is 1.69. The second-order valence-electron chi connectivity index (χ2n) is 7.95. The first-order valence-corrected chi connectivity index (χ1v) is 10.7. The van der Waals surface area contributed by atoms with Crippen LogP contribution in [0.4, 0.5) is 0 Å². The van der Waals surface area contributed by atoms with Crippen LogP contribution in [-0.4, -0.2) is 27.0 Å². The summed E-state index contributed by atoms with van der Waals surface area (Å²) in [4.78, 5) is 15.4. The molecule has 0 radical (unpaired) electrons. The molecular weight excluding hydrogens is 405 g/mol. The van der Waals surface area contributed by atoms with Crippen molar-refractivity contribution < 1.29 is 4.79 Å². The number of nitrogens with zero attached hydrogens (tertiary/aromatic N) is 2. The Bertz CT molecular complexity index is 1080. The molecule has 0 saturated heterocycles. The molecular formula is C23H21Cl2N3O. The number of H-pyrrole nitrogens is 1. The van der Waals surface area contributed by atoms with Crippen molar-refractivity contribution in [2.45, 2.75) is 44.7 Å². The van der Waals surface area contributed by atoms with Crippen LogP contribution in [0.2, 0.25) is 10.0 Å². The van der Waals surface area contributed by atoms with Gasteiger partial charge in [0.25, 0.3) is 5.91 Å². The Kier molecular flexibility index (Phi) is 4.64. The fourth-order valence-electron chi connectivity index (χ4n) is 4.67. The maximum atomic E-state index is 13.4. The molecule has 2 heterocycles. The first-order valence-electron chi connectivity index (χ1n) is 9.97. The zero-order valence-corrected chi connectivity index (χ0v) is 17.6. The molecule has 1 fully saturated rings. The molecule has 1 atom stereocenters. The SMILES string of the molecule is Cc1ccc(-c2n[nH]c3c2C(c2ccc(Cl)c(Cl)c2)N(C2CCCC2)C3=O)cc1. The van der Waals surface area contributed by atoms with E-state index in [0.717, 1.165) is 48.1 Å². The van der Waals surface area contributed by atoms with Crippen molar-refractivity contribution in [3.05, 3.63) is 74.9 Å². The number of hydrogen-bond acceptors (Lipinski definition) is 2. The molecule has 5 rings (SSSR count). The van der Waals surface area contributed by atoms with E-state index in [2.05, 4.69) is 41.4 Å². The van der Waals surface area contributed by atoms with Crippen LogP contribution in [0.1, 0.15) is 58.9 Å². The molecule has 6 heteroatoms. The zero-order valence-electron chi connectivity index (χ0n) is 16.1. The number of carbonyl (C=O) groups excluding carboxylic acids is 1. The lowest BCUT2D eigenvalue weighted by Gasteiger charge is -2.32. The van der Waals surface area contributed by atoms with Gasteiger partial charge in [-0.2, -0.15) is 5.10 Å². The first-order chi connectivity index (χ1) is 14.0. The fraction of sp³-hybridized carbons (Fsp3) is 0.304. The van der Waals surface area contributed by atoms with E-state index in [1.54, 1.807) is 6.07 Å². The van der Waals surface area contributed by atoms with Gasteiger partial charge in [0.15, 0.2) is 0 Å². The summed E-state index contributed by atoms with van der Waals surface area (Å²) in [6, 6.07) is 13.9. The number of benzene rings is 2. The van der Waals surface area contributed by atoms with Crippen LogP contribution < -0.4 is 0 Å². The van der Waals surface area contributed by atoms with Crippen molar-refractivity contribution in [1.29, 1.82) is 0 Å². The molecule has 0 bridgehead atoms. The number of hydrogen-bond donors (Lipinski definition) is 1. The Morgan fingerprint density at radius 1 is 1.03 bits per heavy atom. The second kappa shape index (κ2) is 7.19. The number of nitrogens with one attached hydrogen (secondary N) is 1. The molecule has 148 valence electrons. The summed E-state index contributed by atoms with van der Waals surface area (Å²) in [5, 5.41) is 8.57. The highest BCUT2D eigenvalue weighted by atomic mass is 35.5. The van der Waals surface area contributed by atoms with E-state index in [9.17, 15) is 4.79 Å². The largest absolute Gasteiger partial charge is 0.323 e. The number of aryl methyl sites for hydroxylation is 1. The van der Waals surface area contributed by atoms with Gasteiger partial charge in [-0.15, -0.1) is 0 Å². The minimum atomic E-state index is -0.217. The molecule has 1 unspecified atom stereocenters. The van der Waals surface area contributed by atoms with Crippen molar-refractivity contribution in [1.82, 2.24) is 15.1 Å². The van der Waals surface area contributed by atoms with Gasteiger partial charge in [-0.3, -0.25) is 9.89 Å². The Hall–Kier alpha value is -2.30. The molecule has 1 aromatic heterocycles. The summed E-state index contributed by atoms with van der Waals surface area (Å²) < 4.78 is 0. The van der Waals surface area contributed by atoms with Crippen molar-refractivity contribution in [2.75, 3.05) is 0 Å². The van der Waals surface area contributed by atoms with E-state index >= 15 is 0 Å². The van der Waals surface area contributed by atoms with E-state index in [-0.39, 0.29) is 18.0 Å². The van der Waals surface area contributed by atoms with Gasteiger partial charge in [-0.05, 0) is 37.5 Å².